The van der Waals surface area contributed by atoms with Crippen LogP contribution >= 0.6 is 11.8 Å². The van der Waals surface area contributed by atoms with Crippen LogP contribution in [0.1, 0.15) is 69.2 Å². The molecule has 1 aromatic rings. The van der Waals surface area contributed by atoms with E-state index in [2.05, 4.69) is 4.98 Å². The van der Waals surface area contributed by atoms with Gasteiger partial charge in [-0.1, -0.05) is 11.8 Å². The molecule has 0 N–H and O–H groups in total. The molecule has 0 radical (unpaired) electrons. The first-order valence-corrected chi connectivity index (χ1v) is 10.7. The highest BCUT2D eigenvalue weighted by molar-refractivity contribution is 8.00. The van der Waals surface area contributed by atoms with Gasteiger partial charge in [-0.3, -0.25) is 4.79 Å². The third-order valence-electron chi connectivity index (χ3n) is 6.85. The van der Waals surface area contributed by atoms with Crippen molar-refractivity contribution in [2.24, 2.45) is 17.8 Å². The summed E-state index contributed by atoms with van der Waals surface area (Å²) in [7, 11) is 0. The summed E-state index contributed by atoms with van der Waals surface area (Å²) in [5.74, 6) is 1.57. The third kappa shape index (κ3) is 3.34. The molecule has 0 saturated heterocycles. The van der Waals surface area contributed by atoms with E-state index in [0.29, 0.717) is 23.4 Å². The molecular weight excluding hydrogens is 385 g/mol. The molecule has 4 bridgehead atoms. The van der Waals surface area contributed by atoms with Crippen LogP contribution < -0.4 is 0 Å². The molecule has 1 atom stereocenters. The van der Waals surface area contributed by atoms with E-state index in [1.807, 2.05) is 0 Å². The van der Waals surface area contributed by atoms with Gasteiger partial charge in [-0.05, 0) is 76.2 Å². The van der Waals surface area contributed by atoms with Gasteiger partial charge in [0, 0.05) is 11.1 Å². The van der Waals surface area contributed by atoms with E-state index in [9.17, 15) is 23.2 Å². The van der Waals surface area contributed by atoms with Crippen LogP contribution in [-0.4, -0.2) is 16.0 Å². The van der Waals surface area contributed by atoms with Crippen molar-refractivity contribution in [3.63, 3.8) is 0 Å². The SMILES string of the molecule is CC(=O)[C@@H](C)Sc1nc(C23CC4CC(CC(C4)C2)C3)cc(C(F)(F)F)c1C#N. The van der Waals surface area contributed by atoms with Crippen LogP contribution in [0.4, 0.5) is 13.2 Å². The average Bonchev–Trinajstić information content (AvgIpc) is 2.59. The summed E-state index contributed by atoms with van der Waals surface area (Å²) in [6, 6.07) is 2.83. The van der Waals surface area contributed by atoms with Crippen molar-refractivity contribution in [3.05, 3.63) is 22.9 Å². The number of halogens is 3. The lowest BCUT2D eigenvalue weighted by Gasteiger charge is -2.56. The Kier molecular flexibility index (Phi) is 4.77. The molecule has 3 nitrogen and oxygen atoms in total. The largest absolute Gasteiger partial charge is 0.417 e. The van der Waals surface area contributed by atoms with E-state index >= 15 is 0 Å². The lowest BCUT2D eigenvalue weighted by Crippen LogP contribution is -2.49. The summed E-state index contributed by atoms with van der Waals surface area (Å²) in [5, 5.41) is 8.95. The Morgan fingerprint density at radius 2 is 1.79 bits per heavy atom. The van der Waals surface area contributed by atoms with Crippen molar-refractivity contribution in [1.82, 2.24) is 4.98 Å². The summed E-state index contributed by atoms with van der Waals surface area (Å²) >= 11 is 0.968. The monoisotopic (exact) mass is 408 g/mol. The number of hydrogen-bond acceptors (Lipinski definition) is 4. The topological polar surface area (TPSA) is 53.8 Å². The van der Waals surface area contributed by atoms with Crippen LogP contribution in [-0.2, 0) is 16.4 Å². The van der Waals surface area contributed by atoms with Gasteiger partial charge in [0.2, 0.25) is 0 Å². The zero-order chi connectivity index (χ0) is 20.3. The lowest BCUT2D eigenvalue weighted by molar-refractivity contribution is -0.138. The normalized spacial score (nSPS) is 32.2. The van der Waals surface area contributed by atoms with Crippen molar-refractivity contribution >= 4 is 17.5 Å². The number of pyridine rings is 1. The van der Waals surface area contributed by atoms with Gasteiger partial charge in [-0.25, -0.2) is 4.98 Å². The summed E-state index contributed by atoms with van der Waals surface area (Å²) < 4.78 is 41.4. The van der Waals surface area contributed by atoms with E-state index in [4.69, 9.17) is 0 Å². The van der Waals surface area contributed by atoms with Crippen molar-refractivity contribution in [2.45, 2.75) is 74.2 Å². The van der Waals surface area contributed by atoms with Gasteiger partial charge < -0.3 is 0 Å². The van der Waals surface area contributed by atoms with Crippen molar-refractivity contribution in [3.8, 4) is 6.07 Å². The first-order valence-electron chi connectivity index (χ1n) is 9.81. The molecule has 0 unspecified atom stereocenters. The minimum Gasteiger partial charge on any atom is -0.299 e. The van der Waals surface area contributed by atoms with Gasteiger partial charge in [0.15, 0.2) is 0 Å². The number of hydrogen-bond donors (Lipinski definition) is 0. The number of aromatic nitrogens is 1. The van der Waals surface area contributed by atoms with Gasteiger partial charge in [0.1, 0.15) is 16.9 Å². The highest BCUT2D eigenvalue weighted by Crippen LogP contribution is 2.60. The molecule has 4 saturated carbocycles. The van der Waals surface area contributed by atoms with Gasteiger partial charge in [0.25, 0.3) is 0 Å². The van der Waals surface area contributed by atoms with Crippen molar-refractivity contribution in [2.75, 3.05) is 0 Å². The van der Waals surface area contributed by atoms with Gasteiger partial charge in [0.05, 0.1) is 16.4 Å². The highest BCUT2D eigenvalue weighted by Gasteiger charge is 2.53. The molecule has 0 aromatic carbocycles. The first-order chi connectivity index (χ1) is 13.1. The summed E-state index contributed by atoms with van der Waals surface area (Å²) in [5.41, 5.74) is -1.19. The van der Waals surface area contributed by atoms with Crippen LogP contribution in [0.3, 0.4) is 0 Å². The Morgan fingerprint density at radius 3 is 2.21 bits per heavy atom. The standard InChI is InChI=1S/C21H23F3N2OS/c1-11(27)12(2)28-19-16(10-25)17(21(22,23)24)6-18(26-19)20-7-13-3-14(8-20)5-15(4-13)9-20/h6,12-15H,3-5,7-9H2,1-2H3/t12-,13?,14?,15?,20?/m1/s1. The van der Waals surface area contributed by atoms with E-state index in [-0.39, 0.29) is 16.2 Å². The Hall–Kier alpha value is -1.55. The molecule has 1 heterocycles. The second-order valence-corrected chi connectivity index (χ2v) is 10.2. The second-order valence-electron chi connectivity index (χ2n) is 8.91. The zero-order valence-corrected chi connectivity index (χ0v) is 16.8. The molecule has 4 aliphatic carbocycles. The second kappa shape index (κ2) is 6.76. The Morgan fingerprint density at radius 1 is 1.25 bits per heavy atom. The molecule has 4 aliphatic rings. The molecule has 1 aromatic heterocycles. The van der Waals surface area contributed by atoms with Gasteiger partial charge >= 0.3 is 6.18 Å². The lowest BCUT2D eigenvalue weighted by atomic mass is 9.48. The number of thioether (sulfide) groups is 1. The van der Waals surface area contributed by atoms with Crippen LogP contribution in [0, 0.1) is 29.1 Å². The Balaban J connectivity index is 1.84. The number of carbonyl (C=O) groups excluding carboxylic acids is 1. The summed E-state index contributed by atoms with van der Waals surface area (Å²) in [6.07, 6.45) is 1.60. The third-order valence-corrected chi connectivity index (χ3v) is 8.05. The fraction of sp³-hybridized carbons (Fsp3) is 0.667. The van der Waals surface area contributed by atoms with Crippen LogP contribution in [0.2, 0.25) is 0 Å². The molecule has 0 spiro atoms. The van der Waals surface area contributed by atoms with E-state index in [1.165, 1.54) is 26.2 Å². The number of carbonyl (C=O) groups is 1. The first kappa shape index (κ1) is 19.8. The van der Waals surface area contributed by atoms with Crippen molar-refractivity contribution < 1.29 is 18.0 Å². The molecule has 5 rings (SSSR count). The van der Waals surface area contributed by atoms with Crippen LogP contribution in [0.15, 0.2) is 11.1 Å². The number of alkyl halides is 3. The molecule has 0 aliphatic heterocycles. The summed E-state index contributed by atoms with van der Waals surface area (Å²) in [6.45, 7) is 3.04. The number of nitriles is 1. The smallest absolute Gasteiger partial charge is 0.299 e. The molecular formula is C21H23F3N2OS. The maximum Gasteiger partial charge on any atom is 0.417 e. The van der Waals surface area contributed by atoms with Crippen molar-refractivity contribution in [1.29, 1.82) is 5.26 Å². The van der Waals surface area contributed by atoms with E-state index in [0.717, 1.165) is 37.1 Å². The molecule has 0 amide bonds. The molecule has 4 fully saturated rings. The van der Waals surface area contributed by atoms with E-state index in [1.54, 1.807) is 13.0 Å². The number of ketones is 1. The predicted molar refractivity (Wildman–Crippen MR) is 99.8 cm³/mol. The zero-order valence-electron chi connectivity index (χ0n) is 16.0. The number of rotatable bonds is 4. The maximum atomic E-state index is 13.8. The quantitative estimate of drug-likeness (QED) is 0.617. The minimum absolute atomic E-state index is 0.0470. The van der Waals surface area contributed by atoms with E-state index < -0.39 is 22.6 Å². The Bertz CT molecular complexity index is 823. The fourth-order valence-electron chi connectivity index (χ4n) is 5.89. The number of Topliss-reactive ketones (excluding diaryl/α,β-unsaturated/α-hetero) is 1. The molecule has 7 heteroatoms. The van der Waals surface area contributed by atoms with Crippen LogP contribution in [0.5, 0.6) is 0 Å². The summed E-state index contributed by atoms with van der Waals surface area (Å²) in [4.78, 5) is 16.3. The average molecular weight is 408 g/mol. The number of nitrogens with zero attached hydrogens (tertiary/aromatic N) is 2. The highest BCUT2D eigenvalue weighted by atomic mass is 32.2. The van der Waals surface area contributed by atoms with Gasteiger partial charge in [-0.15, -0.1) is 0 Å². The van der Waals surface area contributed by atoms with Gasteiger partial charge in [-0.2, -0.15) is 18.4 Å². The Labute approximate surface area is 167 Å². The predicted octanol–water partition coefficient (Wildman–Crippen LogP) is 5.51. The molecule has 150 valence electrons. The minimum atomic E-state index is -4.63. The van der Waals surface area contributed by atoms with Crippen LogP contribution in [0.25, 0.3) is 0 Å². The molecule has 28 heavy (non-hydrogen) atoms. The fourth-order valence-corrected chi connectivity index (χ4v) is 6.81. The maximum absolute atomic E-state index is 13.8.